The van der Waals surface area contributed by atoms with E-state index in [2.05, 4.69) is 26.4 Å². The molecular weight excluding hydrogens is 410 g/mol. The first kappa shape index (κ1) is 19.3. The fourth-order valence-electron chi connectivity index (χ4n) is 3.98. The summed E-state index contributed by atoms with van der Waals surface area (Å²) in [7, 11) is 0. The second-order valence-corrected chi connectivity index (χ2v) is 7.99. The number of nitrogens with zero attached hydrogens (tertiary/aromatic N) is 6. The quantitative estimate of drug-likeness (QED) is 0.499. The first-order valence-corrected chi connectivity index (χ1v) is 10.6. The van der Waals surface area contributed by atoms with Gasteiger partial charge in [0.15, 0.2) is 17.2 Å². The molecule has 0 spiro atoms. The van der Waals surface area contributed by atoms with Gasteiger partial charge in [0.05, 0.1) is 11.6 Å². The van der Waals surface area contributed by atoms with Gasteiger partial charge in [-0.1, -0.05) is 12.1 Å². The number of aromatic nitrogens is 4. The summed E-state index contributed by atoms with van der Waals surface area (Å²) in [6, 6.07) is 17.9. The highest BCUT2D eigenvalue weighted by Crippen LogP contribution is 2.26. The molecule has 0 saturated carbocycles. The maximum absolute atomic E-state index is 9.03. The van der Waals surface area contributed by atoms with Crippen LogP contribution < -0.4 is 10.2 Å². The molecule has 0 aliphatic carbocycles. The monoisotopic (exact) mass is 430 g/mol. The lowest BCUT2D eigenvalue weighted by Gasteiger charge is -2.33. The Morgan fingerprint density at radius 1 is 1.10 bits per heavy atom. The van der Waals surface area contributed by atoms with E-state index in [4.69, 9.17) is 21.8 Å². The topological polar surface area (TPSA) is 82.1 Å². The molecule has 0 atom stereocenters. The Hall–Kier alpha value is -3.63. The van der Waals surface area contributed by atoms with Crippen LogP contribution in [0.1, 0.15) is 18.4 Å². The van der Waals surface area contributed by atoms with Crippen molar-refractivity contribution in [3.05, 3.63) is 71.6 Å². The second kappa shape index (κ2) is 8.25. The predicted octanol–water partition coefficient (Wildman–Crippen LogP) is 3.44. The third-order valence-corrected chi connectivity index (χ3v) is 5.82. The summed E-state index contributed by atoms with van der Waals surface area (Å²) >= 11 is 5.19. The zero-order valence-corrected chi connectivity index (χ0v) is 17.6. The van der Waals surface area contributed by atoms with E-state index in [1.807, 2.05) is 54.7 Å². The van der Waals surface area contributed by atoms with Crippen LogP contribution in [-0.2, 0) is 0 Å². The molecule has 0 bridgehead atoms. The first-order valence-electron chi connectivity index (χ1n) is 10.2. The molecule has 1 saturated heterocycles. The fraction of sp³-hybridized carbons (Fsp3) is 0.217. The Morgan fingerprint density at radius 3 is 2.65 bits per heavy atom. The Bertz CT molecular complexity index is 1250. The third kappa shape index (κ3) is 4.03. The number of fused-ring (bicyclic) bond motifs is 1. The van der Waals surface area contributed by atoms with Gasteiger partial charge in [-0.05, 0) is 48.7 Å². The number of rotatable bonds is 4. The molecule has 31 heavy (non-hydrogen) atoms. The summed E-state index contributed by atoms with van der Waals surface area (Å²) in [5.74, 6) is 0.635. The highest BCUT2D eigenvalue weighted by Gasteiger charge is 2.21. The minimum atomic E-state index is 0.317. The van der Waals surface area contributed by atoms with Gasteiger partial charge in [0.1, 0.15) is 0 Å². The highest BCUT2D eigenvalue weighted by atomic mass is 35.5. The summed E-state index contributed by atoms with van der Waals surface area (Å²) < 4.78 is 1.80. The van der Waals surface area contributed by atoms with Crippen molar-refractivity contribution in [2.75, 3.05) is 23.3 Å². The second-order valence-electron chi connectivity index (χ2n) is 7.57. The SMILES string of the molecule is N#Cc1ccc(-c2cccn3nc(NC4CCN(c5ccnc([ClH+])c5)CC4)nc23)cc1. The highest BCUT2D eigenvalue weighted by molar-refractivity contribution is 5.78. The van der Waals surface area contributed by atoms with Crippen molar-refractivity contribution in [3.8, 4) is 17.2 Å². The van der Waals surface area contributed by atoms with Crippen molar-refractivity contribution in [2.24, 2.45) is 0 Å². The van der Waals surface area contributed by atoms with Crippen molar-refractivity contribution in [1.82, 2.24) is 19.6 Å². The molecule has 4 aromatic rings. The van der Waals surface area contributed by atoms with Crippen LogP contribution >= 0.6 is 0 Å². The number of pyridine rings is 2. The van der Waals surface area contributed by atoms with E-state index in [0.29, 0.717) is 22.7 Å². The molecule has 7 nitrogen and oxygen atoms in total. The van der Waals surface area contributed by atoms with Crippen molar-refractivity contribution >= 4 is 17.3 Å². The molecule has 154 valence electrons. The molecule has 0 unspecified atom stereocenters. The van der Waals surface area contributed by atoms with E-state index in [0.717, 1.165) is 48.4 Å². The molecule has 3 aromatic heterocycles. The smallest absolute Gasteiger partial charge is 0.320 e. The summed E-state index contributed by atoms with van der Waals surface area (Å²) in [5, 5.41) is 17.8. The average Bonchev–Trinajstić information content (AvgIpc) is 3.22. The van der Waals surface area contributed by atoms with Crippen molar-refractivity contribution in [3.63, 3.8) is 0 Å². The van der Waals surface area contributed by atoms with Crippen LogP contribution in [0.3, 0.4) is 0 Å². The normalized spacial score (nSPS) is 14.5. The predicted molar refractivity (Wildman–Crippen MR) is 117 cm³/mol. The van der Waals surface area contributed by atoms with Crippen LogP contribution in [0, 0.1) is 22.9 Å². The molecule has 1 N–H and O–H groups in total. The molecule has 4 heterocycles. The van der Waals surface area contributed by atoms with Crippen molar-refractivity contribution in [2.45, 2.75) is 18.9 Å². The van der Waals surface area contributed by atoms with E-state index in [1.54, 1.807) is 10.7 Å². The lowest BCUT2D eigenvalue weighted by Crippen LogP contribution is -2.39. The van der Waals surface area contributed by atoms with Gasteiger partial charge in [-0.15, -0.1) is 5.10 Å². The number of halogens is 1. The number of hydrogen-bond acceptors (Lipinski definition) is 6. The molecule has 1 aromatic carbocycles. The Morgan fingerprint density at radius 2 is 1.90 bits per heavy atom. The number of nitriles is 1. The maximum Gasteiger partial charge on any atom is 0.320 e. The standard InChI is InChI=1S/C23H21ClN7/c24-21-14-19(7-10-26-21)30-12-8-18(9-13-30)27-23-28-22-20(2-1-11-31(22)29-23)17-5-3-16(15-25)4-6-17/h1-7,10-11,14,18,24H,8-9,12-13H2,(H,27,29)/q+1. The van der Waals surface area contributed by atoms with Crippen LogP contribution in [0.25, 0.3) is 16.8 Å². The van der Waals surface area contributed by atoms with Gasteiger partial charge in [0.25, 0.3) is 0 Å². The molecule has 5 rings (SSSR count). The average molecular weight is 431 g/mol. The van der Waals surface area contributed by atoms with Crippen LogP contribution in [0.2, 0.25) is 5.15 Å². The van der Waals surface area contributed by atoms with E-state index in [9.17, 15) is 0 Å². The molecule has 1 aliphatic heterocycles. The lowest BCUT2D eigenvalue weighted by molar-refractivity contribution is -0.296. The van der Waals surface area contributed by atoms with E-state index < -0.39 is 0 Å². The zero-order valence-electron chi connectivity index (χ0n) is 16.8. The summed E-state index contributed by atoms with van der Waals surface area (Å²) in [5.41, 5.74) is 4.56. The van der Waals surface area contributed by atoms with Gasteiger partial charge in [0, 0.05) is 48.8 Å². The van der Waals surface area contributed by atoms with E-state index in [1.165, 1.54) is 0 Å². The van der Waals surface area contributed by atoms with Crippen LogP contribution in [0.4, 0.5) is 11.6 Å². The molecular formula is C23H21ClN7+. The van der Waals surface area contributed by atoms with Crippen molar-refractivity contribution < 1.29 is 11.6 Å². The first-order chi connectivity index (χ1) is 15.2. The van der Waals surface area contributed by atoms with Gasteiger partial charge >= 0.3 is 5.15 Å². The largest absolute Gasteiger partial charge is 0.371 e. The summed E-state index contributed by atoms with van der Waals surface area (Å²) in [6.45, 7) is 1.89. The van der Waals surface area contributed by atoms with Crippen LogP contribution in [0.15, 0.2) is 60.9 Å². The minimum Gasteiger partial charge on any atom is -0.371 e. The number of nitrogens with one attached hydrogen (secondary N) is 1. The third-order valence-electron chi connectivity index (χ3n) is 5.60. The lowest BCUT2D eigenvalue weighted by atomic mass is 10.0. The molecule has 8 heteroatoms. The van der Waals surface area contributed by atoms with Gasteiger partial charge in [-0.2, -0.15) is 10.2 Å². The van der Waals surface area contributed by atoms with Crippen molar-refractivity contribution in [1.29, 1.82) is 5.26 Å². The number of benzene rings is 1. The molecule has 1 aliphatic rings. The minimum absolute atomic E-state index is 0.317. The Labute approximate surface area is 184 Å². The number of hydrogen-bond donors (Lipinski definition) is 1. The maximum atomic E-state index is 9.03. The fourth-order valence-corrected chi connectivity index (χ4v) is 4.16. The Balaban J connectivity index is 1.31. The number of anilines is 2. The molecule has 0 radical (unpaired) electrons. The van der Waals surface area contributed by atoms with Crippen LogP contribution in [0.5, 0.6) is 0 Å². The van der Waals surface area contributed by atoms with Gasteiger partial charge in [0.2, 0.25) is 5.95 Å². The number of piperidine rings is 1. The van der Waals surface area contributed by atoms with E-state index >= 15 is 0 Å². The molecule has 0 amide bonds. The summed E-state index contributed by atoms with van der Waals surface area (Å²) in [6.07, 6.45) is 5.66. The van der Waals surface area contributed by atoms with Gasteiger partial charge in [-0.3, -0.25) is 0 Å². The van der Waals surface area contributed by atoms with Crippen LogP contribution in [-0.4, -0.2) is 38.7 Å². The zero-order chi connectivity index (χ0) is 21.2. The Kier molecular flexibility index (Phi) is 5.14. The van der Waals surface area contributed by atoms with Gasteiger partial charge in [-0.25, -0.2) is 9.50 Å². The summed E-state index contributed by atoms with van der Waals surface area (Å²) in [4.78, 5) is 11.2. The van der Waals surface area contributed by atoms with E-state index in [-0.39, 0.29) is 0 Å². The molecule has 1 fully saturated rings. The van der Waals surface area contributed by atoms with Gasteiger partial charge < -0.3 is 10.2 Å².